The van der Waals surface area contributed by atoms with Crippen molar-refractivity contribution in [2.45, 2.75) is 30.7 Å². The fourth-order valence-corrected chi connectivity index (χ4v) is 4.77. The molecule has 1 aliphatic rings. The Morgan fingerprint density at radius 2 is 2.21 bits per heavy atom. The first kappa shape index (κ1) is 14.8. The SMILES string of the molecule is Cc1cc(Br)c(N)cc1S(=O)(=O)N1CCC[C@H]1CO. The van der Waals surface area contributed by atoms with Crippen molar-refractivity contribution in [1.29, 1.82) is 0 Å². The first-order chi connectivity index (χ1) is 8.87. The van der Waals surface area contributed by atoms with E-state index in [0.29, 0.717) is 28.7 Å². The van der Waals surface area contributed by atoms with Gasteiger partial charge >= 0.3 is 0 Å². The second-order valence-corrected chi connectivity index (χ2v) is 7.45. The summed E-state index contributed by atoms with van der Waals surface area (Å²) in [5, 5.41) is 9.28. The molecule has 0 bridgehead atoms. The lowest BCUT2D eigenvalue weighted by atomic mass is 10.2. The van der Waals surface area contributed by atoms with Crippen LogP contribution >= 0.6 is 15.9 Å². The second-order valence-electron chi connectivity index (χ2n) is 4.73. The Hall–Kier alpha value is -0.630. The molecule has 1 saturated heterocycles. The van der Waals surface area contributed by atoms with E-state index >= 15 is 0 Å². The van der Waals surface area contributed by atoms with Crippen LogP contribution in [0.5, 0.6) is 0 Å². The van der Waals surface area contributed by atoms with E-state index in [1.54, 1.807) is 13.0 Å². The summed E-state index contributed by atoms with van der Waals surface area (Å²) in [5.41, 5.74) is 6.81. The molecule has 1 aromatic carbocycles. The third-order valence-corrected chi connectivity index (χ3v) is 6.20. The van der Waals surface area contributed by atoms with Crippen molar-refractivity contribution in [2.75, 3.05) is 18.9 Å². The van der Waals surface area contributed by atoms with E-state index in [4.69, 9.17) is 5.73 Å². The molecule has 0 aromatic heterocycles. The highest BCUT2D eigenvalue weighted by atomic mass is 79.9. The van der Waals surface area contributed by atoms with Crippen molar-refractivity contribution in [2.24, 2.45) is 0 Å². The van der Waals surface area contributed by atoms with Crippen molar-refractivity contribution in [3.63, 3.8) is 0 Å². The van der Waals surface area contributed by atoms with E-state index in [2.05, 4.69) is 15.9 Å². The van der Waals surface area contributed by atoms with E-state index in [1.807, 2.05) is 0 Å². The summed E-state index contributed by atoms with van der Waals surface area (Å²) in [7, 11) is -3.60. The number of rotatable bonds is 3. The fraction of sp³-hybridized carbons (Fsp3) is 0.500. The number of benzene rings is 1. The maximum Gasteiger partial charge on any atom is 0.243 e. The molecule has 0 spiro atoms. The molecule has 0 radical (unpaired) electrons. The molecule has 1 heterocycles. The number of sulfonamides is 1. The zero-order chi connectivity index (χ0) is 14.2. The standard InChI is InChI=1S/C12H17BrN2O3S/c1-8-5-10(13)11(14)6-12(8)19(17,18)15-4-2-3-9(15)7-16/h5-6,9,16H,2-4,7,14H2,1H3/t9-/m0/s1. The van der Waals surface area contributed by atoms with Gasteiger partial charge in [0.1, 0.15) is 0 Å². The van der Waals surface area contributed by atoms with Crippen LogP contribution in [-0.4, -0.2) is 37.0 Å². The smallest absolute Gasteiger partial charge is 0.243 e. The molecule has 19 heavy (non-hydrogen) atoms. The third-order valence-electron chi connectivity index (χ3n) is 3.41. The first-order valence-electron chi connectivity index (χ1n) is 6.06. The van der Waals surface area contributed by atoms with Gasteiger partial charge in [0.15, 0.2) is 0 Å². The van der Waals surface area contributed by atoms with Crippen molar-refractivity contribution < 1.29 is 13.5 Å². The Morgan fingerprint density at radius 3 is 2.84 bits per heavy atom. The number of anilines is 1. The minimum absolute atomic E-state index is 0.149. The summed E-state index contributed by atoms with van der Waals surface area (Å²) in [6, 6.07) is 2.85. The van der Waals surface area contributed by atoms with Gasteiger partial charge in [0.05, 0.1) is 11.5 Å². The van der Waals surface area contributed by atoms with Crippen LogP contribution in [0, 0.1) is 6.92 Å². The van der Waals surface area contributed by atoms with Gasteiger partial charge in [-0.1, -0.05) is 0 Å². The lowest BCUT2D eigenvalue weighted by molar-refractivity contribution is 0.213. The number of aryl methyl sites for hydroxylation is 1. The van der Waals surface area contributed by atoms with Crippen LogP contribution in [-0.2, 0) is 10.0 Å². The summed E-state index contributed by atoms with van der Waals surface area (Å²) in [6.45, 7) is 2.04. The number of nitrogens with zero attached hydrogens (tertiary/aromatic N) is 1. The molecule has 0 unspecified atom stereocenters. The Kier molecular flexibility index (Phi) is 4.20. The number of hydrogen-bond acceptors (Lipinski definition) is 4. The number of nitrogens with two attached hydrogens (primary N) is 1. The summed E-state index contributed by atoms with van der Waals surface area (Å²) < 4.78 is 27.3. The molecular weight excluding hydrogens is 332 g/mol. The lowest BCUT2D eigenvalue weighted by Gasteiger charge is -2.23. The summed E-state index contributed by atoms with van der Waals surface area (Å²) >= 11 is 3.28. The molecular formula is C12H17BrN2O3S. The summed E-state index contributed by atoms with van der Waals surface area (Å²) in [5.74, 6) is 0. The van der Waals surface area contributed by atoms with Gasteiger partial charge in [-0.25, -0.2) is 8.42 Å². The van der Waals surface area contributed by atoms with Crippen LogP contribution < -0.4 is 5.73 Å². The largest absolute Gasteiger partial charge is 0.398 e. The summed E-state index contributed by atoms with van der Waals surface area (Å²) in [6.07, 6.45) is 1.47. The minimum atomic E-state index is -3.60. The van der Waals surface area contributed by atoms with Crippen LogP contribution in [0.3, 0.4) is 0 Å². The van der Waals surface area contributed by atoms with Crippen LogP contribution in [0.15, 0.2) is 21.5 Å². The average molecular weight is 349 g/mol. The Bertz CT molecular complexity index is 589. The molecule has 1 aliphatic heterocycles. The highest BCUT2D eigenvalue weighted by molar-refractivity contribution is 9.10. The second kappa shape index (κ2) is 5.40. The number of hydrogen-bond donors (Lipinski definition) is 2. The number of nitrogen functional groups attached to an aromatic ring is 1. The quantitative estimate of drug-likeness (QED) is 0.810. The topological polar surface area (TPSA) is 83.6 Å². The van der Waals surface area contributed by atoms with Crippen molar-refractivity contribution in [3.05, 3.63) is 22.2 Å². The average Bonchev–Trinajstić information content (AvgIpc) is 2.82. The third kappa shape index (κ3) is 2.65. The number of halogens is 1. The zero-order valence-electron chi connectivity index (χ0n) is 10.6. The lowest BCUT2D eigenvalue weighted by Crippen LogP contribution is -2.37. The van der Waals surface area contributed by atoms with E-state index in [9.17, 15) is 13.5 Å². The molecule has 0 saturated carbocycles. The summed E-state index contributed by atoms with van der Waals surface area (Å²) in [4.78, 5) is 0.216. The molecule has 7 heteroatoms. The molecule has 3 N–H and O–H groups in total. The van der Waals surface area contributed by atoms with E-state index in [-0.39, 0.29) is 17.5 Å². The van der Waals surface area contributed by atoms with Crippen LogP contribution in [0.4, 0.5) is 5.69 Å². The molecule has 0 amide bonds. The fourth-order valence-electron chi connectivity index (χ4n) is 2.38. The molecule has 106 valence electrons. The van der Waals surface area contributed by atoms with Crippen LogP contribution in [0.1, 0.15) is 18.4 Å². The molecule has 1 fully saturated rings. The van der Waals surface area contributed by atoms with Gasteiger partial charge in [-0.2, -0.15) is 4.31 Å². The number of aliphatic hydroxyl groups is 1. The van der Waals surface area contributed by atoms with Crippen LogP contribution in [0.2, 0.25) is 0 Å². The number of aliphatic hydroxyl groups excluding tert-OH is 1. The molecule has 1 aromatic rings. The van der Waals surface area contributed by atoms with Gasteiger partial charge in [-0.05, 0) is 53.4 Å². The van der Waals surface area contributed by atoms with Gasteiger partial charge in [-0.3, -0.25) is 0 Å². The van der Waals surface area contributed by atoms with Crippen LogP contribution in [0.25, 0.3) is 0 Å². The molecule has 2 rings (SSSR count). The van der Waals surface area contributed by atoms with E-state index < -0.39 is 10.0 Å². The molecule has 1 atom stereocenters. The maximum absolute atomic E-state index is 12.6. The highest BCUT2D eigenvalue weighted by Gasteiger charge is 2.35. The zero-order valence-corrected chi connectivity index (χ0v) is 13.0. The van der Waals surface area contributed by atoms with Gasteiger partial charge in [0.25, 0.3) is 0 Å². The van der Waals surface area contributed by atoms with Gasteiger partial charge < -0.3 is 10.8 Å². The van der Waals surface area contributed by atoms with Crippen molar-refractivity contribution in [3.8, 4) is 0 Å². The predicted octanol–water partition coefficient (Wildman–Crippen LogP) is 1.49. The van der Waals surface area contributed by atoms with E-state index in [1.165, 1.54) is 10.4 Å². The predicted molar refractivity (Wildman–Crippen MR) is 77.3 cm³/mol. The minimum Gasteiger partial charge on any atom is -0.398 e. The van der Waals surface area contributed by atoms with Gasteiger partial charge in [0, 0.05) is 22.7 Å². The Labute approximate surface area is 121 Å². The van der Waals surface area contributed by atoms with Gasteiger partial charge in [0.2, 0.25) is 10.0 Å². The molecule has 5 nitrogen and oxygen atoms in total. The Morgan fingerprint density at radius 1 is 1.53 bits per heavy atom. The normalized spacial score (nSPS) is 20.9. The first-order valence-corrected chi connectivity index (χ1v) is 8.29. The van der Waals surface area contributed by atoms with E-state index in [0.717, 1.165) is 6.42 Å². The Balaban J connectivity index is 2.48. The monoisotopic (exact) mass is 348 g/mol. The van der Waals surface area contributed by atoms with Crippen molar-refractivity contribution >= 4 is 31.6 Å². The van der Waals surface area contributed by atoms with Gasteiger partial charge in [-0.15, -0.1) is 0 Å². The maximum atomic E-state index is 12.6. The highest BCUT2D eigenvalue weighted by Crippen LogP contribution is 2.31. The van der Waals surface area contributed by atoms with Crippen molar-refractivity contribution in [1.82, 2.24) is 4.31 Å². The molecule has 0 aliphatic carbocycles.